The van der Waals surface area contributed by atoms with Gasteiger partial charge in [-0.2, -0.15) is 0 Å². The lowest BCUT2D eigenvalue weighted by Gasteiger charge is -2.04. The number of hydrogen-bond acceptors (Lipinski definition) is 4. The van der Waals surface area contributed by atoms with Gasteiger partial charge >= 0.3 is 0 Å². The van der Waals surface area contributed by atoms with Gasteiger partial charge in [-0.15, -0.1) is 11.3 Å². The van der Waals surface area contributed by atoms with Crippen molar-refractivity contribution < 1.29 is 9.18 Å². The fraction of sp³-hybridized carbons (Fsp3) is 0.0588. The number of rotatable bonds is 4. The first-order chi connectivity index (χ1) is 11.1. The number of carbonyl (C=O) groups excluding carboxylic acids is 1. The molecule has 2 N–H and O–H groups in total. The first-order valence-corrected chi connectivity index (χ1v) is 7.85. The molecule has 1 aromatic heterocycles. The lowest BCUT2D eigenvalue weighted by molar-refractivity contribution is -0.114. The van der Waals surface area contributed by atoms with Crippen LogP contribution in [0.4, 0.5) is 20.9 Å². The highest BCUT2D eigenvalue weighted by molar-refractivity contribution is 7.14. The summed E-state index contributed by atoms with van der Waals surface area (Å²) in [6.45, 7) is 1.47. The van der Waals surface area contributed by atoms with Gasteiger partial charge in [-0.05, 0) is 24.3 Å². The van der Waals surface area contributed by atoms with Gasteiger partial charge < -0.3 is 10.6 Å². The van der Waals surface area contributed by atoms with Crippen molar-refractivity contribution >= 4 is 33.8 Å². The first-order valence-electron chi connectivity index (χ1n) is 6.97. The van der Waals surface area contributed by atoms with Crippen LogP contribution in [0.15, 0.2) is 53.9 Å². The van der Waals surface area contributed by atoms with E-state index in [0.29, 0.717) is 10.8 Å². The van der Waals surface area contributed by atoms with E-state index in [2.05, 4.69) is 15.6 Å². The Morgan fingerprint density at radius 3 is 2.57 bits per heavy atom. The molecule has 23 heavy (non-hydrogen) atoms. The lowest BCUT2D eigenvalue weighted by Crippen LogP contribution is -2.05. The van der Waals surface area contributed by atoms with E-state index in [1.165, 1.54) is 24.3 Å². The van der Waals surface area contributed by atoms with Gasteiger partial charge in [0.2, 0.25) is 5.91 Å². The summed E-state index contributed by atoms with van der Waals surface area (Å²) in [4.78, 5) is 15.5. The highest BCUT2D eigenvalue weighted by atomic mass is 32.1. The van der Waals surface area contributed by atoms with Crippen LogP contribution in [0.5, 0.6) is 0 Å². The molecule has 1 heterocycles. The number of carbonyl (C=O) groups is 1. The summed E-state index contributed by atoms with van der Waals surface area (Å²) in [7, 11) is 0. The number of anilines is 3. The minimum absolute atomic E-state index is 0.109. The molecule has 0 bridgehead atoms. The molecular formula is C17H14FN3OS. The number of amides is 1. The smallest absolute Gasteiger partial charge is 0.221 e. The SMILES string of the molecule is CC(=O)Nc1ccc(-c2csc(Nc3ccccc3F)n2)cc1. The summed E-state index contributed by atoms with van der Waals surface area (Å²) in [5, 5.41) is 8.21. The van der Waals surface area contributed by atoms with Crippen LogP contribution in [0.2, 0.25) is 0 Å². The maximum absolute atomic E-state index is 13.6. The van der Waals surface area contributed by atoms with Crippen LogP contribution >= 0.6 is 11.3 Å². The molecule has 0 fully saturated rings. The van der Waals surface area contributed by atoms with Gasteiger partial charge in [-0.3, -0.25) is 4.79 Å². The van der Waals surface area contributed by atoms with Gasteiger partial charge in [0.25, 0.3) is 0 Å². The van der Waals surface area contributed by atoms with Crippen LogP contribution in [-0.2, 0) is 4.79 Å². The van der Waals surface area contributed by atoms with Gasteiger partial charge in [0, 0.05) is 23.6 Å². The second kappa shape index (κ2) is 6.58. The largest absolute Gasteiger partial charge is 0.329 e. The zero-order valence-electron chi connectivity index (χ0n) is 12.3. The van der Waals surface area contributed by atoms with Crippen molar-refractivity contribution in [1.82, 2.24) is 4.98 Å². The molecule has 0 spiro atoms. The Balaban J connectivity index is 1.76. The van der Waals surface area contributed by atoms with E-state index >= 15 is 0 Å². The number of nitrogens with zero attached hydrogens (tertiary/aromatic N) is 1. The zero-order valence-corrected chi connectivity index (χ0v) is 13.2. The fourth-order valence-electron chi connectivity index (χ4n) is 2.07. The van der Waals surface area contributed by atoms with Crippen molar-refractivity contribution in [2.45, 2.75) is 6.92 Å². The molecule has 0 aliphatic carbocycles. The van der Waals surface area contributed by atoms with E-state index < -0.39 is 0 Å². The number of benzene rings is 2. The Hall–Kier alpha value is -2.73. The molecule has 0 saturated carbocycles. The second-order valence-corrected chi connectivity index (χ2v) is 5.76. The molecular weight excluding hydrogens is 313 g/mol. The van der Waals surface area contributed by atoms with E-state index in [1.54, 1.807) is 18.2 Å². The summed E-state index contributed by atoms with van der Waals surface area (Å²) >= 11 is 1.40. The van der Waals surface area contributed by atoms with E-state index in [1.807, 2.05) is 29.6 Å². The van der Waals surface area contributed by atoms with Crippen LogP contribution in [-0.4, -0.2) is 10.9 Å². The van der Waals surface area contributed by atoms with Crippen molar-refractivity contribution in [2.75, 3.05) is 10.6 Å². The van der Waals surface area contributed by atoms with Crippen molar-refractivity contribution in [1.29, 1.82) is 0 Å². The van der Waals surface area contributed by atoms with Crippen LogP contribution in [0.25, 0.3) is 11.3 Å². The predicted molar refractivity (Wildman–Crippen MR) is 91.5 cm³/mol. The first kappa shape index (κ1) is 15.2. The molecule has 0 radical (unpaired) electrons. The Morgan fingerprint density at radius 2 is 1.87 bits per heavy atom. The topological polar surface area (TPSA) is 54.0 Å². The fourth-order valence-corrected chi connectivity index (χ4v) is 2.80. The normalized spacial score (nSPS) is 10.3. The van der Waals surface area contributed by atoms with Crippen molar-refractivity contribution in [3.05, 3.63) is 59.7 Å². The average molecular weight is 327 g/mol. The Bertz CT molecular complexity index is 830. The number of aromatic nitrogens is 1. The number of thiazole rings is 1. The average Bonchev–Trinajstić information content (AvgIpc) is 2.98. The van der Waals surface area contributed by atoms with Gasteiger partial charge in [0.1, 0.15) is 5.82 Å². The molecule has 2 aromatic carbocycles. The van der Waals surface area contributed by atoms with Gasteiger partial charge in [0.05, 0.1) is 11.4 Å². The minimum atomic E-state index is -0.316. The quantitative estimate of drug-likeness (QED) is 0.733. The molecule has 0 atom stereocenters. The summed E-state index contributed by atoms with van der Waals surface area (Å²) in [6, 6.07) is 13.9. The molecule has 0 unspecified atom stereocenters. The van der Waals surface area contributed by atoms with Crippen LogP contribution in [0, 0.1) is 5.82 Å². The van der Waals surface area contributed by atoms with Gasteiger partial charge in [0.15, 0.2) is 5.13 Å². The third-order valence-corrected chi connectivity index (χ3v) is 3.88. The summed E-state index contributed by atoms with van der Waals surface area (Å²) < 4.78 is 13.6. The Kier molecular flexibility index (Phi) is 4.34. The van der Waals surface area contributed by atoms with E-state index in [0.717, 1.165) is 16.9 Å². The lowest BCUT2D eigenvalue weighted by atomic mass is 10.1. The Labute approximate surface area is 137 Å². The maximum atomic E-state index is 13.6. The van der Waals surface area contributed by atoms with Crippen LogP contribution < -0.4 is 10.6 Å². The standard InChI is InChI=1S/C17H14FN3OS/c1-11(22)19-13-8-6-12(7-9-13)16-10-23-17(21-16)20-15-5-3-2-4-14(15)18/h2-10H,1H3,(H,19,22)(H,20,21). The monoisotopic (exact) mass is 327 g/mol. The number of halogens is 1. The van der Waals surface area contributed by atoms with Gasteiger partial charge in [-0.25, -0.2) is 9.37 Å². The molecule has 3 aromatic rings. The molecule has 3 rings (SSSR count). The third kappa shape index (κ3) is 3.73. The molecule has 0 aliphatic rings. The highest BCUT2D eigenvalue weighted by Crippen LogP contribution is 2.28. The van der Waals surface area contributed by atoms with Crippen molar-refractivity contribution in [3.63, 3.8) is 0 Å². The van der Waals surface area contributed by atoms with Crippen LogP contribution in [0.3, 0.4) is 0 Å². The zero-order chi connectivity index (χ0) is 16.2. The Morgan fingerprint density at radius 1 is 1.13 bits per heavy atom. The number of para-hydroxylation sites is 1. The number of nitrogens with one attached hydrogen (secondary N) is 2. The summed E-state index contributed by atoms with van der Waals surface area (Å²) in [6.07, 6.45) is 0. The molecule has 6 heteroatoms. The third-order valence-electron chi connectivity index (χ3n) is 3.12. The van der Waals surface area contributed by atoms with E-state index in [4.69, 9.17) is 0 Å². The van der Waals surface area contributed by atoms with Gasteiger partial charge in [-0.1, -0.05) is 24.3 Å². The maximum Gasteiger partial charge on any atom is 0.221 e. The minimum Gasteiger partial charge on any atom is -0.329 e. The van der Waals surface area contributed by atoms with Crippen molar-refractivity contribution in [3.8, 4) is 11.3 Å². The van der Waals surface area contributed by atoms with E-state index in [9.17, 15) is 9.18 Å². The molecule has 116 valence electrons. The van der Waals surface area contributed by atoms with Crippen molar-refractivity contribution in [2.24, 2.45) is 0 Å². The van der Waals surface area contributed by atoms with E-state index in [-0.39, 0.29) is 11.7 Å². The second-order valence-electron chi connectivity index (χ2n) is 4.90. The summed E-state index contributed by atoms with van der Waals surface area (Å²) in [5.74, 6) is -0.424. The predicted octanol–water partition coefficient (Wildman–Crippen LogP) is 4.65. The number of hydrogen-bond donors (Lipinski definition) is 2. The van der Waals surface area contributed by atoms with Crippen LogP contribution in [0.1, 0.15) is 6.92 Å². The molecule has 4 nitrogen and oxygen atoms in total. The molecule has 0 aliphatic heterocycles. The summed E-state index contributed by atoms with van der Waals surface area (Å²) in [5.41, 5.74) is 2.86. The molecule has 0 saturated heterocycles. The highest BCUT2D eigenvalue weighted by Gasteiger charge is 2.07. The molecule has 1 amide bonds.